The van der Waals surface area contributed by atoms with Gasteiger partial charge in [-0.1, -0.05) is 36.8 Å². The van der Waals surface area contributed by atoms with Gasteiger partial charge >= 0.3 is 0 Å². The number of aromatic nitrogens is 1. The number of benzene rings is 2. The number of nitrogens with zero attached hydrogens (tertiary/aromatic N) is 1. The molecule has 5 nitrogen and oxygen atoms in total. The number of halogens is 1. The molecule has 7 heteroatoms. The summed E-state index contributed by atoms with van der Waals surface area (Å²) in [5.41, 5.74) is 1.88. The maximum atomic E-state index is 12.3. The van der Waals surface area contributed by atoms with Gasteiger partial charge in [-0.3, -0.25) is 9.59 Å². The zero-order valence-corrected chi connectivity index (χ0v) is 15.2. The number of rotatable bonds is 4. The number of carbonyl (C=O) groups excluding carboxylic acids is 2. The highest BCUT2D eigenvalue weighted by atomic mass is 35.5. The first-order valence-electron chi connectivity index (χ1n) is 7.71. The van der Waals surface area contributed by atoms with Crippen molar-refractivity contribution in [3.63, 3.8) is 0 Å². The van der Waals surface area contributed by atoms with E-state index in [1.165, 1.54) is 11.3 Å². The minimum absolute atomic E-state index is 0.0738. The Hall–Kier alpha value is -2.44. The molecule has 0 bridgehead atoms. The number of thiazole rings is 1. The van der Waals surface area contributed by atoms with Crippen molar-refractivity contribution < 1.29 is 9.59 Å². The highest BCUT2D eigenvalue weighted by Crippen LogP contribution is 2.28. The van der Waals surface area contributed by atoms with E-state index in [4.69, 9.17) is 11.6 Å². The van der Waals surface area contributed by atoms with Gasteiger partial charge in [0.25, 0.3) is 5.91 Å². The predicted molar refractivity (Wildman–Crippen MR) is 102 cm³/mol. The molecule has 3 rings (SSSR count). The molecule has 0 atom stereocenters. The van der Waals surface area contributed by atoms with E-state index in [0.29, 0.717) is 21.4 Å². The maximum absolute atomic E-state index is 12.3. The highest BCUT2D eigenvalue weighted by Gasteiger charge is 2.12. The molecular weight excluding hydrogens is 358 g/mol. The molecule has 0 fully saturated rings. The van der Waals surface area contributed by atoms with E-state index in [9.17, 15) is 9.59 Å². The molecule has 1 heterocycles. The molecule has 0 saturated heterocycles. The Kier molecular flexibility index (Phi) is 5.01. The van der Waals surface area contributed by atoms with Crippen molar-refractivity contribution in [1.29, 1.82) is 0 Å². The second kappa shape index (κ2) is 7.21. The van der Waals surface area contributed by atoms with Crippen molar-refractivity contribution in [2.24, 2.45) is 5.92 Å². The van der Waals surface area contributed by atoms with E-state index in [1.54, 1.807) is 30.3 Å². The minimum Gasteiger partial charge on any atom is -0.322 e. The lowest BCUT2D eigenvalue weighted by Crippen LogP contribution is -2.17. The summed E-state index contributed by atoms with van der Waals surface area (Å²) in [5, 5.41) is 6.75. The van der Waals surface area contributed by atoms with E-state index < -0.39 is 0 Å². The summed E-state index contributed by atoms with van der Waals surface area (Å²) in [5.74, 6) is -0.406. The van der Waals surface area contributed by atoms with Crippen molar-refractivity contribution in [3.05, 3.63) is 53.1 Å². The van der Waals surface area contributed by atoms with Gasteiger partial charge in [-0.15, -0.1) is 0 Å². The summed E-state index contributed by atoms with van der Waals surface area (Å²) in [6, 6.07) is 12.1. The molecule has 1 aromatic heterocycles. The Morgan fingerprint density at radius 3 is 2.48 bits per heavy atom. The van der Waals surface area contributed by atoms with Gasteiger partial charge in [0.05, 0.1) is 10.2 Å². The molecule has 3 aromatic rings. The van der Waals surface area contributed by atoms with Crippen LogP contribution < -0.4 is 10.6 Å². The van der Waals surface area contributed by atoms with Crippen LogP contribution in [0.15, 0.2) is 42.5 Å². The fourth-order valence-electron chi connectivity index (χ4n) is 2.11. The first kappa shape index (κ1) is 17.4. The lowest BCUT2D eigenvalue weighted by Gasteiger charge is -2.05. The van der Waals surface area contributed by atoms with Crippen molar-refractivity contribution in [1.82, 2.24) is 4.98 Å². The van der Waals surface area contributed by atoms with Gasteiger partial charge in [-0.25, -0.2) is 4.98 Å². The molecule has 0 aliphatic carbocycles. The first-order chi connectivity index (χ1) is 11.9. The number of hydrogen-bond acceptors (Lipinski definition) is 4. The molecular formula is C18H16ClN3O2S. The van der Waals surface area contributed by atoms with Crippen molar-refractivity contribution in [2.45, 2.75) is 13.8 Å². The average molecular weight is 374 g/mol. The van der Waals surface area contributed by atoms with Crippen LogP contribution in [0.4, 0.5) is 10.8 Å². The molecule has 0 radical (unpaired) electrons. The number of carbonyl (C=O) groups is 2. The van der Waals surface area contributed by atoms with Crippen LogP contribution in [-0.2, 0) is 4.79 Å². The summed E-state index contributed by atoms with van der Waals surface area (Å²) in [4.78, 5) is 28.4. The third-order valence-electron chi connectivity index (χ3n) is 3.51. The van der Waals surface area contributed by atoms with Crippen LogP contribution in [0.1, 0.15) is 24.2 Å². The largest absolute Gasteiger partial charge is 0.322 e. The molecule has 25 heavy (non-hydrogen) atoms. The van der Waals surface area contributed by atoms with Crippen molar-refractivity contribution in [2.75, 3.05) is 10.6 Å². The van der Waals surface area contributed by atoms with Crippen LogP contribution in [0.25, 0.3) is 10.2 Å². The van der Waals surface area contributed by atoms with Crippen LogP contribution in [0.3, 0.4) is 0 Å². The minimum atomic E-state index is -0.223. The van der Waals surface area contributed by atoms with Gasteiger partial charge in [-0.05, 0) is 42.5 Å². The smallest absolute Gasteiger partial charge is 0.255 e. The number of hydrogen-bond donors (Lipinski definition) is 2. The van der Waals surface area contributed by atoms with Crippen molar-refractivity contribution in [3.8, 4) is 0 Å². The maximum Gasteiger partial charge on any atom is 0.255 e. The lowest BCUT2D eigenvalue weighted by atomic mass is 10.2. The summed E-state index contributed by atoms with van der Waals surface area (Å²) < 4.78 is 0.934. The Bertz CT molecular complexity index is 935. The van der Waals surface area contributed by atoms with Gasteiger partial charge in [0.1, 0.15) is 0 Å². The molecule has 2 aromatic carbocycles. The predicted octanol–water partition coefficient (Wildman–Crippen LogP) is 4.80. The number of amides is 2. The zero-order chi connectivity index (χ0) is 18.0. The molecule has 2 amide bonds. The Balaban J connectivity index is 1.77. The van der Waals surface area contributed by atoms with Crippen LogP contribution in [0.2, 0.25) is 5.02 Å². The number of fused-ring (bicyclic) bond motifs is 1. The molecule has 2 N–H and O–H groups in total. The summed E-state index contributed by atoms with van der Waals surface area (Å²) in [6.07, 6.45) is 0. The van der Waals surface area contributed by atoms with Crippen LogP contribution in [-0.4, -0.2) is 16.8 Å². The topological polar surface area (TPSA) is 71.1 Å². The fourth-order valence-corrected chi connectivity index (χ4v) is 3.09. The van der Waals surface area contributed by atoms with Gasteiger partial charge < -0.3 is 10.6 Å². The highest BCUT2D eigenvalue weighted by molar-refractivity contribution is 7.22. The normalized spacial score (nSPS) is 10.9. The quantitative estimate of drug-likeness (QED) is 0.690. The summed E-state index contributed by atoms with van der Waals surface area (Å²) >= 11 is 7.23. The van der Waals surface area contributed by atoms with E-state index in [0.717, 1.165) is 10.2 Å². The molecule has 0 aliphatic heterocycles. The lowest BCUT2D eigenvalue weighted by molar-refractivity contribution is -0.118. The van der Waals surface area contributed by atoms with E-state index in [-0.39, 0.29) is 17.7 Å². The fraction of sp³-hybridized carbons (Fsp3) is 0.167. The van der Waals surface area contributed by atoms with Crippen molar-refractivity contribution >= 4 is 55.8 Å². The summed E-state index contributed by atoms with van der Waals surface area (Å²) in [7, 11) is 0. The first-order valence-corrected chi connectivity index (χ1v) is 8.90. The standard InChI is InChI=1S/C18H16ClN3O2S/c1-10(2)16(23)22-18-21-14-9-13(7-8-15(14)25-18)20-17(24)11-3-5-12(19)6-4-11/h3-10H,1-2H3,(H,20,24)(H,21,22,23). The number of nitrogens with one attached hydrogen (secondary N) is 2. The SMILES string of the molecule is CC(C)C(=O)Nc1nc2cc(NC(=O)c3ccc(Cl)cc3)ccc2s1. The second-order valence-electron chi connectivity index (χ2n) is 5.81. The number of anilines is 2. The Morgan fingerprint density at radius 1 is 1.08 bits per heavy atom. The van der Waals surface area contributed by atoms with E-state index in [1.807, 2.05) is 26.0 Å². The molecule has 0 aliphatic rings. The van der Waals surface area contributed by atoms with E-state index >= 15 is 0 Å². The van der Waals surface area contributed by atoms with Gasteiger partial charge in [0.15, 0.2) is 5.13 Å². The molecule has 0 spiro atoms. The third kappa shape index (κ3) is 4.15. The van der Waals surface area contributed by atoms with Gasteiger partial charge in [0.2, 0.25) is 5.91 Å². The molecule has 0 unspecified atom stereocenters. The zero-order valence-electron chi connectivity index (χ0n) is 13.7. The van der Waals surface area contributed by atoms with Crippen LogP contribution >= 0.6 is 22.9 Å². The second-order valence-corrected chi connectivity index (χ2v) is 7.27. The third-order valence-corrected chi connectivity index (χ3v) is 4.71. The average Bonchev–Trinajstić information content (AvgIpc) is 2.96. The Morgan fingerprint density at radius 2 is 1.80 bits per heavy atom. The summed E-state index contributed by atoms with van der Waals surface area (Å²) in [6.45, 7) is 3.65. The molecule has 128 valence electrons. The van der Waals surface area contributed by atoms with Crippen LogP contribution in [0.5, 0.6) is 0 Å². The monoisotopic (exact) mass is 373 g/mol. The van der Waals surface area contributed by atoms with E-state index in [2.05, 4.69) is 15.6 Å². The van der Waals surface area contributed by atoms with Gasteiger partial charge in [-0.2, -0.15) is 0 Å². The Labute approximate surface area is 154 Å². The molecule has 0 saturated carbocycles. The van der Waals surface area contributed by atoms with Gasteiger partial charge in [0, 0.05) is 22.2 Å². The van der Waals surface area contributed by atoms with Crippen LogP contribution in [0, 0.1) is 5.92 Å².